The summed E-state index contributed by atoms with van der Waals surface area (Å²) in [6, 6.07) is 0. The molecule has 6 heteroatoms. The lowest BCUT2D eigenvalue weighted by Gasteiger charge is -2.18. The van der Waals surface area contributed by atoms with Crippen molar-refractivity contribution in [3.63, 3.8) is 0 Å². The number of rotatable bonds is 67. The molecule has 0 fully saturated rings. The number of esters is 3. The predicted octanol–water partition coefficient (Wildman–Crippen LogP) is 25.1. The van der Waals surface area contributed by atoms with Gasteiger partial charge < -0.3 is 14.2 Å². The molecule has 0 aliphatic heterocycles. The average Bonchev–Trinajstić information content (AvgIpc) is 3.47. The first-order valence-electron chi connectivity index (χ1n) is 36.3. The average molecular weight is 1150 g/mol. The lowest BCUT2D eigenvalue weighted by Crippen LogP contribution is -2.30. The van der Waals surface area contributed by atoms with Gasteiger partial charge in [-0.2, -0.15) is 0 Å². The van der Waals surface area contributed by atoms with Gasteiger partial charge in [0, 0.05) is 19.3 Å². The molecule has 0 aliphatic carbocycles. The van der Waals surface area contributed by atoms with Crippen LogP contribution in [-0.4, -0.2) is 37.2 Å². The van der Waals surface area contributed by atoms with E-state index in [0.717, 1.165) is 83.5 Å². The molecule has 0 aromatic heterocycles. The zero-order chi connectivity index (χ0) is 59.2. The summed E-state index contributed by atoms with van der Waals surface area (Å²) in [5, 5.41) is 0. The van der Waals surface area contributed by atoms with E-state index in [4.69, 9.17) is 14.2 Å². The van der Waals surface area contributed by atoms with Gasteiger partial charge >= 0.3 is 17.9 Å². The van der Waals surface area contributed by atoms with Gasteiger partial charge in [0.1, 0.15) is 13.2 Å². The Hall–Kier alpha value is -2.89. The number of ether oxygens (including phenoxy) is 3. The van der Waals surface area contributed by atoms with Gasteiger partial charge in [-0.25, -0.2) is 0 Å². The van der Waals surface area contributed by atoms with Gasteiger partial charge in [-0.3, -0.25) is 14.4 Å². The van der Waals surface area contributed by atoms with Crippen molar-refractivity contribution < 1.29 is 28.6 Å². The summed E-state index contributed by atoms with van der Waals surface area (Å²) in [6.45, 7) is 6.56. The quantitative estimate of drug-likeness (QED) is 0.0261. The van der Waals surface area contributed by atoms with Crippen molar-refractivity contribution in [2.45, 2.75) is 393 Å². The molecule has 0 bridgehead atoms. The Morgan fingerprint density at radius 1 is 0.256 bits per heavy atom. The largest absolute Gasteiger partial charge is 0.462 e. The van der Waals surface area contributed by atoms with E-state index >= 15 is 0 Å². The van der Waals surface area contributed by atoms with E-state index in [0.29, 0.717) is 19.3 Å². The molecule has 0 radical (unpaired) electrons. The van der Waals surface area contributed by atoms with Crippen molar-refractivity contribution in [3.05, 3.63) is 60.8 Å². The van der Waals surface area contributed by atoms with Crippen LogP contribution in [0.15, 0.2) is 60.8 Å². The van der Waals surface area contributed by atoms with Gasteiger partial charge in [0.2, 0.25) is 0 Å². The number of carbonyl (C=O) groups excluding carboxylic acids is 3. The highest BCUT2D eigenvalue weighted by Gasteiger charge is 2.19. The number of allylic oxidation sites excluding steroid dienone is 10. The van der Waals surface area contributed by atoms with E-state index in [1.54, 1.807) is 0 Å². The summed E-state index contributed by atoms with van der Waals surface area (Å²) in [5.41, 5.74) is 0. The van der Waals surface area contributed by atoms with Gasteiger partial charge in [0.25, 0.3) is 0 Å². The molecule has 0 N–H and O–H groups in total. The molecule has 0 rings (SSSR count). The monoisotopic (exact) mass is 1150 g/mol. The molecule has 0 aromatic rings. The van der Waals surface area contributed by atoms with Gasteiger partial charge in [-0.15, -0.1) is 0 Å². The Bertz CT molecular complexity index is 1460. The van der Waals surface area contributed by atoms with Crippen molar-refractivity contribution in [2.24, 2.45) is 0 Å². The summed E-state index contributed by atoms with van der Waals surface area (Å²) in [5.74, 6) is -0.900. The lowest BCUT2D eigenvalue weighted by atomic mass is 10.0. The number of hydrogen-bond donors (Lipinski definition) is 0. The van der Waals surface area contributed by atoms with Crippen molar-refractivity contribution >= 4 is 17.9 Å². The minimum Gasteiger partial charge on any atom is -0.462 e. The minimum absolute atomic E-state index is 0.0825. The fraction of sp³-hybridized carbons (Fsp3) is 0.829. The Morgan fingerprint density at radius 3 is 0.780 bits per heavy atom. The molecule has 1 atom stereocenters. The number of unbranched alkanes of at least 4 members (excludes halogenated alkanes) is 46. The van der Waals surface area contributed by atoms with Crippen LogP contribution < -0.4 is 0 Å². The van der Waals surface area contributed by atoms with Crippen LogP contribution in [0.4, 0.5) is 0 Å². The zero-order valence-electron chi connectivity index (χ0n) is 55.0. The highest BCUT2D eigenvalue weighted by atomic mass is 16.6. The summed E-state index contributed by atoms with van der Waals surface area (Å²) in [4.78, 5) is 38.4. The van der Waals surface area contributed by atoms with Crippen molar-refractivity contribution in [1.82, 2.24) is 0 Å². The maximum atomic E-state index is 12.9. The van der Waals surface area contributed by atoms with E-state index in [2.05, 4.69) is 81.5 Å². The van der Waals surface area contributed by atoms with E-state index in [1.165, 1.54) is 263 Å². The highest BCUT2D eigenvalue weighted by Crippen LogP contribution is 2.19. The van der Waals surface area contributed by atoms with E-state index in [1.807, 2.05) is 0 Å². The van der Waals surface area contributed by atoms with Crippen molar-refractivity contribution in [1.29, 1.82) is 0 Å². The Kier molecular flexibility index (Phi) is 68.1. The van der Waals surface area contributed by atoms with Gasteiger partial charge in [-0.05, 0) is 83.5 Å². The molecule has 0 saturated heterocycles. The molecule has 1 unspecified atom stereocenters. The fourth-order valence-electron chi connectivity index (χ4n) is 10.8. The normalized spacial score (nSPS) is 12.4. The molecule has 0 heterocycles. The summed E-state index contributed by atoms with van der Waals surface area (Å²) < 4.78 is 17.0. The smallest absolute Gasteiger partial charge is 0.306 e. The Labute approximate surface area is 510 Å². The molecule has 82 heavy (non-hydrogen) atoms. The van der Waals surface area contributed by atoms with Crippen LogP contribution in [0.3, 0.4) is 0 Å². The van der Waals surface area contributed by atoms with Crippen LogP contribution in [0.5, 0.6) is 0 Å². The molecular formula is C76H138O6. The van der Waals surface area contributed by atoms with Crippen molar-refractivity contribution in [2.75, 3.05) is 13.2 Å². The van der Waals surface area contributed by atoms with E-state index in [-0.39, 0.29) is 31.1 Å². The fourth-order valence-corrected chi connectivity index (χ4v) is 10.8. The number of hydrogen-bond acceptors (Lipinski definition) is 6. The third-order valence-electron chi connectivity index (χ3n) is 16.3. The molecular weight excluding hydrogens is 1010 g/mol. The summed E-state index contributed by atoms with van der Waals surface area (Å²) >= 11 is 0. The molecule has 0 spiro atoms. The molecule has 6 nitrogen and oxygen atoms in total. The van der Waals surface area contributed by atoms with Crippen molar-refractivity contribution in [3.8, 4) is 0 Å². The standard InChI is InChI=1S/C76H138O6/c1-4-7-10-13-16-19-22-25-28-30-32-33-34-35-36-37-38-39-40-41-42-43-44-46-48-51-54-57-60-63-66-69-75(78)81-72-73(71-80-74(77)68-65-62-59-56-53-50-47-27-24-21-18-15-12-9-6-3)82-76(79)70-67-64-61-58-55-52-49-45-31-29-26-23-20-17-14-11-8-5-2/h9,12,18,21,27,30,32,47,53,56,73H,4-8,10-11,13-17,19-20,22-26,28-29,31,33-46,48-52,54-55,57-72H2,1-3H3/b12-9-,21-18-,32-30-,47-27-,56-53-. The lowest BCUT2D eigenvalue weighted by molar-refractivity contribution is -0.167. The highest BCUT2D eigenvalue weighted by molar-refractivity contribution is 5.71. The summed E-state index contributed by atoms with van der Waals surface area (Å²) in [6.07, 6.45) is 91.3. The number of carbonyl (C=O) groups is 3. The second-order valence-corrected chi connectivity index (χ2v) is 24.5. The van der Waals surface area contributed by atoms with E-state index in [9.17, 15) is 14.4 Å². The second-order valence-electron chi connectivity index (χ2n) is 24.5. The van der Waals surface area contributed by atoms with Crippen LogP contribution in [-0.2, 0) is 28.6 Å². The first-order valence-corrected chi connectivity index (χ1v) is 36.3. The van der Waals surface area contributed by atoms with Crippen LogP contribution in [0.25, 0.3) is 0 Å². The Morgan fingerprint density at radius 2 is 0.476 bits per heavy atom. The molecule has 478 valence electrons. The molecule has 0 aliphatic rings. The maximum absolute atomic E-state index is 12.9. The maximum Gasteiger partial charge on any atom is 0.306 e. The third-order valence-corrected chi connectivity index (χ3v) is 16.3. The molecule has 0 amide bonds. The van der Waals surface area contributed by atoms with Crippen LogP contribution in [0, 0.1) is 0 Å². The van der Waals surface area contributed by atoms with Gasteiger partial charge in [0.15, 0.2) is 6.10 Å². The third kappa shape index (κ3) is 67.9. The zero-order valence-corrected chi connectivity index (χ0v) is 55.0. The van der Waals surface area contributed by atoms with Crippen LogP contribution >= 0.6 is 0 Å². The Balaban J connectivity index is 4.20. The van der Waals surface area contributed by atoms with Gasteiger partial charge in [-0.1, -0.05) is 345 Å². The molecule has 0 aromatic carbocycles. The SMILES string of the molecule is CC/C=C\C/C=C\C/C=C\C/C=C\CCCCC(=O)OCC(COC(=O)CCCCCCCCCCCCCCCCCCCCC/C=C\CCCCCCCCCC)OC(=O)CCCCCCCCCCCCCCCCCCCC. The van der Waals surface area contributed by atoms with Gasteiger partial charge in [0.05, 0.1) is 0 Å². The predicted molar refractivity (Wildman–Crippen MR) is 358 cm³/mol. The second kappa shape index (κ2) is 70.6. The van der Waals surface area contributed by atoms with Crippen LogP contribution in [0.1, 0.15) is 387 Å². The van der Waals surface area contributed by atoms with Crippen LogP contribution in [0.2, 0.25) is 0 Å². The van der Waals surface area contributed by atoms with E-state index < -0.39 is 6.10 Å². The first-order chi connectivity index (χ1) is 40.5. The topological polar surface area (TPSA) is 78.9 Å². The minimum atomic E-state index is -0.790. The first kappa shape index (κ1) is 79.1. The molecule has 0 saturated carbocycles. The summed E-state index contributed by atoms with van der Waals surface area (Å²) in [7, 11) is 0.